The molecule has 0 saturated carbocycles. The van der Waals surface area contributed by atoms with Crippen LogP contribution in [0.5, 0.6) is 0 Å². The summed E-state index contributed by atoms with van der Waals surface area (Å²) in [4.78, 5) is 37.7. The molecule has 3 aromatic heterocycles. The average Bonchev–Trinajstić information content (AvgIpc) is 3.62. The summed E-state index contributed by atoms with van der Waals surface area (Å²) in [6, 6.07) is 5.93. The van der Waals surface area contributed by atoms with Crippen LogP contribution < -0.4 is 5.32 Å². The molecule has 2 aliphatic heterocycles. The SMILES string of the molecule is C[C@@H]1CCC[C@H](N2CCC(c3cc(Cl)ccc3-n3cc(C(F)(F)F)nn3)=CC2=O)c2nccc(n2)-c2c(cnn2C)NC1=O. The van der Waals surface area contributed by atoms with Crippen molar-refractivity contribution in [2.45, 2.75) is 44.8 Å². The first kappa shape index (κ1) is 29.5. The molecule has 0 unspecified atom stereocenters. The number of amides is 2. The zero-order valence-corrected chi connectivity index (χ0v) is 24.5. The molecule has 1 aromatic carbocycles. The Kier molecular flexibility index (Phi) is 7.70. The van der Waals surface area contributed by atoms with Gasteiger partial charge in [0, 0.05) is 42.4 Å². The number of aryl methyl sites for hydroxylation is 1. The van der Waals surface area contributed by atoms with Crippen molar-refractivity contribution in [1.82, 2.24) is 39.6 Å². The smallest absolute Gasteiger partial charge is 0.329 e. The molecule has 15 heteroatoms. The van der Waals surface area contributed by atoms with Crippen LogP contribution in [0.15, 0.2) is 48.9 Å². The molecule has 44 heavy (non-hydrogen) atoms. The molecule has 6 rings (SSSR count). The van der Waals surface area contributed by atoms with Crippen LogP contribution in [0.3, 0.4) is 0 Å². The third kappa shape index (κ3) is 5.68. The van der Waals surface area contributed by atoms with E-state index in [4.69, 9.17) is 16.6 Å². The molecule has 0 saturated heterocycles. The first-order valence-corrected chi connectivity index (χ1v) is 14.3. The summed E-state index contributed by atoms with van der Waals surface area (Å²) in [6.45, 7) is 2.16. The Morgan fingerprint density at radius 1 is 1.14 bits per heavy atom. The normalized spacial score (nSPS) is 19.5. The quantitative estimate of drug-likeness (QED) is 0.330. The number of aromatic nitrogens is 7. The monoisotopic (exact) mass is 625 g/mol. The third-order valence-corrected chi connectivity index (χ3v) is 8.12. The number of halogens is 4. The maximum absolute atomic E-state index is 13.7. The van der Waals surface area contributed by atoms with E-state index in [0.717, 1.165) is 10.9 Å². The molecule has 0 fully saturated rings. The van der Waals surface area contributed by atoms with Crippen LogP contribution in [-0.2, 0) is 22.8 Å². The molecule has 0 radical (unpaired) electrons. The molecule has 11 nitrogen and oxygen atoms in total. The summed E-state index contributed by atoms with van der Waals surface area (Å²) >= 11 is 6.27. The maximum Gasteiger partial charge on any atom is 0.436 e. The fraction of sp³-hybridized carbons (Fsp3) is 0.345. The van der Waals surface area contributed by atoms with Gasteiger partial charge in [0.1, 0.15) is 5.69 Å². The second-order valence-corrected chi connectivity index (χ2v) is 11.3. The van der Waals surface area contributed by atoms with E-state index in [0.29, 0.717) is 77.0 Å². The van der Waals surface area contributed by atoms with Gasteiger partial charge in [-0.3, -0.25) is 14.3 Å². The Balaban J connectivity index is 1.35. The predicted octanol–water partition coefficient (Wildman–Crippen LogP) is 5.25. The second-order valence-electron chi connectivity index (χ2n) is 10.8. The summed E-state index contributed by atoms with van der Waals surface area (Å²) < 4.78 is 42.3. The van der Waals surface area contributed by atoms with Gasteiger partial charge in [-0.25, -0.2) is 14.6 Å². The van der Waals surface area contributed by atoms with Crippen molar-refractivity contribution in [3.63, 3.8) is 0 Å². The van der Waals surface area contributed by atoms with Crippen molar-refractivity contribution in [2.75, 3.05) is 11.9 Å². The highest BCUT2D eigenvalue weighted by atomic mass is 35.5. The van der Waals surface area contributed by atoms with Crippen LogP contribution >= 0.6 is 11.6 Å². The van der Waals surface area contributed by atoms with Gasteiger partial charge in [-0.05, 0) is 49.1 Å². The Morgan fingerprint density at radius 3 is 2.70 bits per heavy atom. The van der Waals surface area contributed by atoms with E-state index >= 15 is 0 Å². The van der Waals surface area contributed by atoms with E-state index in [-0.39, 0.29) is 17.7 Å². The van der Waals surface area contributed by atoms with E-state index in [2.05, 4.69) is 25.7 Å². The summed E-state index contributed by atoms with van der Waals surface area (Å²) in [5.74, 6) is -0.240. The molecule has 0 spiro atoms. The first-order chi connectivity index (χ1) is 21.0. The van der Waals surface area contributed by atoms with E-state index in [1.54, 1.807) is 47.2 Å². The molecule has 2 atom stereocenters. The van der Waals surface area contributed by atoms with Gasteiger partial charge in [-0.1, -0.05) is 30.2 Å². The summed E-state index contributed by atoms with van der Waals surface area (Å²) in [6.07, 6.45) is 2.96. The number of hydrogen-bond donors (Lipinski definition) is 1. The van der Waals surface area contributed by atoms with Gasteiger partial charge in [0.25, 0.3) is 0 Å². The first-order valence-electron chi connectivity index (χ1n) is 14.0. The van der Waals surface area contributed by atoms with Crippen molar-refractivity contribution in [2.24, 2.45) is 13.0 Å². The van der Waals surface area contributed by atoms with E-state index < -0.39 is 17.9 Å². The fourth-order valence-corrected chi connectivity index (χ4v) is 5.75. The topological polar surface area (TPSA) is 124 Å². The van der Waals surface area contributed by atoms with Crippen LogP contribution in [0.2, 0.25) is 5.02 Å². The molecule has 0 aliphatic carbocycles. The number of nitrogens with one attached hydrogen (secondary N) is 1. The van der Waals surface area contributed by atoms with Crippen LogP contribution in [-0.4, -0.2) is 58.0 Å². The zero-order valence-electron chi connectivity index (χ0n) is 23.7. The van der Waals surface area contributed by atoms with Crippen molar-refractivity contribution in [1.29, 1.82) is 0 Å². The van der Waals surface area contributed by atoms with Gasteiger partial charge in [-0.15, -0.1) is 5.10 Å². The van der Waals surface area contributed by atoms with Crippen molar-refractivity contribution < 1.29 is 22.8 Å². The predicted molar refractivity (Wildman–Crippen MR) is 154 cm³/mol. The lowest BCUT2D eigenvalue weighted by Crippen LogP contribution is -2.38. The lowest BCUT2D eigenvalue weighted by atomic mass is 9.94. The minimum absolute atomic E-state index is 0.126. The van der Waals surface area contributed by atoms with Crippen molar-refractivity contribution >= 4 is 34.7 Å². The van der Waals surface area contributed by atoms with E-state index in [1.807, 2.05) is 6.92 Å². The standard InChI is InChI=1S/C29H27ClF3N9O2/c1-16-4-3-5-23(27-34-10-8-20(36-27)26-21(37-28(16)44)14-35-40(26)2)41-11-9-17(12-25(41)43)19-13-18(30)6-7-22(19)42-15-24(38-39-42)29(31,32)33/h6-8,10,12-16,23H,3-5,9,11H2,1-2H3,(H,37,44)/t16-,23+/m1/s1. The molecule has 5 heterocycles. The summed E-state index contributed by atoms with van der Waals surface area (Å²) in [5, 5.41) is 14.5. The molecule has 1 N–H and O–H groups in total. The molecule has 228 valence electrons. The van der Waals surface area contributed by atoms with Crippen LogP contribution in [0.1, 0.15) is 55.7 Å². The Labute approximate surface area is 254 Å². The number of rotatable bonds is 3. The molecular weight excluding hydrogens is 599 g/mol. The van der Waals surface area contributed by atoms with E-state index in [1.165, 1.54) is 12.1 Å². The fourth-order valence-electron chi connectivity index (χ4n) is 5.58. The number of anilines is 1. The van der Waals surface area contributed by atoms with Crippen molar-refractivity contribution in [3.8, 4) is 17.1 Å². The highest BCUT2D eigenvalue weighted by Gasteiger charge is 2.35. The zero-order chi connectivity index (χ0) is 31.2. The highest BCUT2D eigenvalue weighted by molar-refractivity contribution is 6.30. The van der Waals surface area contributed by atoms with Gasteiger partial charge >= 0.3 is 6.18 Å². The molecular formula is C29H27ClF3N9O2. The second kappa shape index (κ2) is 11.5. The summed E-state index contributed by atoms with van der Waals surface area (Å²) in [5.41, 5.74) is 1.97. The number of hydrogen-bond acceptors (Lipinski definition) is 7. The number of carbonyl (C=O) groups is 2. The Hall–Kier alpha value is -4.59. The maximum atomic E-state index is 13.7. The average molecular weight is 626 g/mol. The lowest BCUT2D eigenvalue weighted by Gasteiger charge is -2.34. The minimum Gasteiger partial charge on any atom is -0.329 e. The van der Waals surface area contributed by atoms with Crippen LogP contribution in [0.25, 0.3) is 22.6 Å². The molecule has 4 aromatic rings. The minimum atomic E-state index is -4.65. The third-order valence-electron chi connectivity index (χ3n) is 7.89. The Bertz CT molecular complexity index is 1780. The molecule has 2 aliphatic rings. The number of fused-ring (bicyclic) bond motifs is 4. The van der Waals surface area contributed by atoms with E-state index in [9.17, 15) is 22.8 Å². The van der Waals surface area contributed by atoms with Crippen LogP contribution in [0, 0.1) is 5.92 Å². The number of nitrogens with zero attached hydrogens (tertiary/aromatic N) is 8. The molecule has 2 amide bonds. The number of carbonyl (C=O) groups excluding carboxylic acids is 2. The van der Waals surface area contributed by atoms with Gasteiger partial charge in [0.2, 0.25) is 11.8 Å². The van der Waals surface area contributed by atoms with Crippen molar-refractivity contribution in [3.05, 3.63) is 71.0 Å². The Morgan fingerprint density at radius 2 is 1.95 bits per heavy atom. The summed E-state index contributed by atoms with van der Waals surface area (Å²) in [7, 11) is 1.76. The van der Waals surface area contributed by atoms with Gasteiger partial charge in [0.05, 0.1) is 35.5 Å². The van der Waals surface area contributed by atoms with Crippen LogP contribution in [0.4, 0.5) is 18.9 Å². The molecule has 2 bridgehead atoms. The largest absolute Gasteiger partial charge is 0.436 e. The van der Waals surface area contributed by atoms with Gasteiger partial charge in [0.15, 0.2) is 11.5 Å². The number of alkyl halides is 3. The number of benzene rings is 1. The van der Waals surface area contributed by atoms with Gasteiger partial charge < -0.3 is 10.2 Å². The van der Waals surface area contributed by atoms with Gasteiger partial charge in [-0.2, -0.15) is 18.3 Å². The highest BCUT2D eigenvalue weighted by Crippen LogP contribution is 2.36. The lowest BCUT2D eigenvalue weighted by molar-refractivity contribution is -0.141.